The van der Waals surface area contributed by atoms with Gasteiger partial charge in [0.05, 0.1) is 30.1 Å². The molecule has 0 aliphatic heterocycles. The molecule has 0 aliphatic carbocycles. The minimum atomic E-state index is -0.358. The third-order valence-corrected chi connectivity index (χ3v) is 4.53. The largest absolute Gasteiger partial charge is 0.495 e. The fourth-order valence-electron chi connectivity index (χ4n) is 2.31. The Morgan fingerprint density at radius 2 is 2.16 bits per heavy atom. The highest BCUT2D eigenvalue weighted by molar-refractivity contribution is 7.19. The van der Waals surface area contributed by atoms with E-state index in [-0.39, 0.29) is 5.97 Å². The van der Waals surface area contributed by atoms with Gasteiger partial charge in [0.2, 0.25) is 0 Å². The molecule has 3 aromatic rings. The van der Waals surface area contributed by atoms with Crippen LogP contribution in [0.15, 0.2) is 48.8 Å². The molecule has 0 bridgehead atoms. The zero-order valence-electron chi connectivity index (χ0n) is 13.8. The second kappa shape index (κ2) is 8.39. The molecule has 25 heavy (non-hydrogen) atoms. The molecule has 0 spiro atoms. The number of carbonyl (C=O) groups is 1. The van der Waals surface area contributed by atoms with Crippen molar-refractivity contribution >= 4 is 33.6 Å². The zero-order chi connectivity index (χ0) is 17.5. The van der Waals surface area contributed by atoms with E-state index in [9.17, 15) is 4.79 Å². The number of nitrogens with zero attached hydrogens (tertiary/aromatic N) is 2. The minimum absolute atomic E-state index is 0.358. The third-order valence-electron chi connectivity index (χ3n) is 3.53. The van der Waals surface area contributed by atoms with E-state index >= 15 is 0 Å². The first-order valence-corrected chi connectivity index (χ1v) is 8.74. The van der Waals surface area contributed by atoms with Gasteiger partial charge in [-0.1, -0.05) is 12.1 Å². The van der Waals surface area contributed by atoms with Crippen LogP contribution >= 0.6 is 11.3 Å². The molecule has 0 fully saturated rings. The zero-order valence-corrected chi connectivity index (χ0v) is 14.7. The van der Waals surface area contributed by atoms with E-state index in [0.717, 1.165) is 39.4 Å². The first-order valence-electron chi connectivity index (χ1n) is 7.93. The molecule has 0 N–H and O–H groups in total. The molecule has 5 nitrogen and oxygen atoms in total. The van der Waals surface area contributed by atoms with Crippen molar-refractivity contribution < 1.29 is 14.3 Å². The van der Waals surface area contributed by atoms with E-state index in [1.54, 1.807) is 36.9 Å². The molecular weight excluding hydrogens is 336 g/mol. The lowest BCUT2D eigenvalue weighted by molar-refractivity contribution is -0.137. The summed E-state index contributed by atoms with van der Waals surface area (Å²) in [6.07, 6.45) is 8.08. The Kier molecular flexibility index (Phi) is 5.74. The standard InChI is InChI=1S/C19H18N2O3S/c1-23-15-11-14(12-20-13-15)5-4-10-24-19(22)9-8-18-21-16-6-2-3-7-17(16)25-18/h2-3,6-9,11-13H,4-5,10H2,1H3/b9-8+. The van der Waals surface area contributed by atoms with Crippen LogP contribution in [0.3, 0.4) is 0 Å². The Balaban J connectivity index is 1.44. The number of thiazole rings is 1. The van der Waals surface area contributed by atoms with Crippen molar-refractivity contribution in [3.05, 3.63) is 59.4 Å². The number of hydrogen-bond acceptors (Lipinski definition) is 6. The maximum Gasteiger partial charge on any atom is 0.330 e. The highest BCUT2D eigenvalue weighted by Gasteiger charge is 2.02. The summed E-state index contributed by atoms with van der Waals surface area (Å²) >= 11 is 1.54. The molecule has 0 saturated carbocycles. The number of aryl methyl sites for hydroxylation is 1. The fourth-order valence-corrected chi connectivity index (χ4v) is 3.18. The lowest BCUT2D eigenvalue weighted by Gasteiger charge is -2.04. The summed E-state index contributed by atoms with van der Waals surface area (Å²) in [4.78, 5) is 20.3. The van der Waals surface area contributed by atoms with E-state index in [0.29, 0.717) is 6.61 Å². The lowest BCUT2D eigenvalue weighted by Crippen LogP contribution is -2.03. The normalized spacial score (nSPS) is 11.1. The predicted molar refractivity (Wildman–Crippen MR) is 98.7 cm³/mol. The van der Waals surface area contributed by atoms with Gasteiger partial charge in [-0.05, 0) is 42.7 Å². The van der Waals surface area contributed by atoms with Gasteiger partial charge in [-0.2, -0.15) is 0 Å². The summed E-state index contributed by atoms with van der Waals surface area (Å²) in [5.74, 6) is 0.372. The van der Waals surface area contributed by atoms with Crippen molar-refractivity contribution in [1.82, 2.24) is 9.97 Å². The Labute approximate surface area is 150 Å². The first kappa shape index (κ1) is 17.1. The van der Waals surface area contributed by atoms with Crippen LogP contribution in [0.1, 0.15) is 17.0 Å². The number of hydrogen-bond donors (Lipinski definition) is 0. The minimum Gasteiger partial charge on any atom is -0.495 e. The van der Waals surface area contributed by atoms with Crippen LogP contribution in [-0.2, 0) is 16.0 Å². The molecule has 0 aliphatic rings. The second-order valence-corrected chi connectivity index (χ2v) is 6.42. The van der Waals surface area contributed by atoms with E-state index < -0.39 is 0 Å². The van der Waals surface area contributed by atoms with Crippen molar-refractivity contribution in [2.24, 2.45) is 0 Å². The van der Waals surface area contributed by atoms with Gasteiger partial charge < -0.3 is 9.47 Å². The quantitative estimate of drug-likeness (QED) is 0.366. The number of esters is 1. The van der Waals surface area contributed by atoms with Crippen LogP contribution < -0.4 is 4.74 Å². The predicted octanol–water partition coefficient (Wildman–Crippen LogP) is 3.89. The van der Waals surface area contributed by atoms with Gasteiger partial charge in [0.25, 0.3) is 0 Å². The smallest absolute Gasteiger partial charge is 0.330 e. The van der Waals surface area contributed by atoms with Crippen molar-refractivity contribution in [3.63, 3.8) is 0 Å². The summed E-state index contributed by atoms with van der Waals surface area (Å²) in [5.41, 5.74) is 1.99. The number of para-hydroxylation sites is 1. The molecule has 0 atom stereocenters. The second-order valence-electron chi connectivity index (χ2n) is 5.36. The van der Waals surface area contributed by atoms with Gasteiger partial charge in [-0.25, -0.2) is 9.78 Å². The van der Waals surface area contributed by atoms with Crippen LogP contribution in [-0.4, -0.2) is 29.7 Å². The Hall–Kier alpha value is -2.73. The number of rotatable bonds is 7. The lowest BCUT2D eigenvalue weighted by atomic mass is 10.1. The Bertz CT molecular complexity index is 856. The molecule has 0 saturated heterocycles. The molecule has 0 radical (unpaired) electrons. The number of benzene rings is 1. The van der Waals surface area contributed by atoms with Crippen molar-refractivity contribution in [2.75, 3.05) is 13.7 Å². The average Bonchev–Trinajstić information content (AvgIpc) is 3.07. The molecule has 3 rings (SSSR count). The van der Waals surface area contributed by atoms with Crippen LogP contribution in [0, 0.1) is 0 Å². The summed E-state index contributed by atoms with van der Waals surface area (Å²) < 4.78 is 11.4. The summed E-state index contributed by atoms with van der Waals surface area (Å²) in [5, 5.41) is 0.792. The molecule has 0 unspecified atom stereocenters. The molecular formula is C19H18N2O3S. The summed E-state index contributed by atoms with van der Waals surface area (Å²) in [6.45, 7) is 0.361. The fraction of sp³-hybridized carbons (Fsp3) is 0.211. The number of aromatic nitrogens is 2. The number of fused-ring (bicyclic) bond motifs is 1. The van der Waals surface area contributed by atoms with Gasteiger partial charge in [0.1, 0.15) is 10.8 Å². The van der Waals surface area contributed by atoms with Crippen LogP contribution in [0.2, 0.25) is 0 Å². The van der Waals surface area contributed by atoms with E-state index in [2.05, 4.69) is 9.97 Å². The SMILES string of the molecule is COc1cncc(CCCOC(=O)/C=C/c2nc3ccccc3s2)c1. The average molecular weight is 354 g/mol. The maximum absolute atomic E-state index is 11.8. The van der Waals surface area contributed by atoms with Crippen LogP contribution in [0.5, 0.6) is 5.75 Å². The molecule has 0 amide bonds. The van der Waals surface area contributed by atoms with Crippen molar-refractivity contribution in [2.45, 2.75) is 12.8 Å². The topological polar surface area (TPSA) is 61.3 Å². The molecule has 2 heterocycles. The van der Waals surface area contributed by atoms with Crippen LogP contribution in [0.25, 0.3) is 16.3 Å². The Morgan fingerprint density at radius 1 is 1.28 bits per heavy atom. The highest BCUT2D eigenvalue weighted by Crippen LogP contribution is 2.22. The molecule has 6 heteroatoms. The van der Waals surface area contributed by atoms with E-state index in [4.69, 9.17) is 9.47 Å². The van der Waals surface area contributed by atoms with Gasteiger partial charge in [-0.15, -0.1) is 11.3 Å². The van der Waals surface area contributed by atoms with Gasteiger partial charge in [-0.3, -0.25) is 4.98 Å². The van der Waals surface area contributed by atoms with Gasteiger partial charge in [0, 0.05) is 12.3 Å². The monoisotopic (exact) mass is 354 g/mol. The molecule has 2 aromatic heterocycles. The molecule has 1 aromatic carbocycles. The van der Waals surface area contributed by atoms with E-state index in [1.165, 1.54) is 6.08 Å². The molecule has 128 valence electrons. The summed E-state index contributed by atoms with van der Waals surface area (Å²) in [6, 6.07) is 9.81. The van der Waals surface area contributed by atoms with Gasteiger partial charge >= 0.3 is 5.97 Å². The highest BCUT2D eigenvalue weighted by atomic mass is 32.1. The van der Waals surface area contributed by atoms with Crippen molar-refractivity contribution in [1.29, 1.82) is 0 Å². The number of carbonyl (C=O) groups excluding carboxylic acids is 1. The number of pyridine rings is 1. The Morgan fingerprint density at radius 3 is 3.00 bits per heavy atom. The summed E-state index contributed by atoms with van der Waals surface area (Å²) in [7, 11) is 1.61. The maximum atomic E-state index is 11.8. The number of methoxy groups -OCH3 is 1. The van der Waals surface area contributed by atoms with Crippen LogP contribution in [0.4, 0.5) is 0 Å². The first-order chi connectivity index (χ1) is 12.2. The van der Waals surface area contributed by atoms with Gasteiger partial charge in [0.15, 0.2) is 0 Å². The van der Waals surface area contributed by atoms with Crippen molar-refractivity contribution in [3.8, 4) is 5.75 Å². The number of ether oxygens (including phenoxy) is 2. The van der Waals surface area contributed by atoms with E-state index in [1.807, 2.05) is 30.3 Å². The third kappa shape index (κ3) is 4.87.